The third kappa shape index (κ3) is 3.27. The minimum absolute atomic E-state index is 0.000211. The molecule has 0 spiro atoms. The summed E-state index contributed by atoms with van der Waals surface area (Å²) in [6.45, 7) is 4.06. The first-order valence-electron chi connectivity index (χ1n) is 8.47. The van der Waals surface area contributed by atoms with Crippen molar-refractivity contribution in [3.05, 3.63) is 29.6 Å². The van der Waals surface area contributed by atoms with Crippen LogP contribution in [-0.4, -0.2) is 57.6 Å². The van der Waals surface area contributed by atoms with E-state index < -0.39 is 0 Å². The van der Waals surface area contributed by atoms with E-state index in [1.165, 1.54) is 37.5 Å². The van der Waals surface area contributed by atoms with Crippen LogP contribution < -0.4 is 5.32 Å². The van der Waals surface area contributed by atoms with Gasteiger partial charge in [-0.05, 0) is 56.0 Å². The lowest BCUT2D eigenvalue weighted by Crippen LogP contribution is -2.38. The van der Waals surface area contributed by atoms with E-state index >= 15 is 0 Å². The van der Waals surface area contributed by atoms with Crippen LogP contribution in [0.2, 0.25) is 0 Å². The minimum Gasteiger partial charge on any atom is -0.323 e. The molecule has 1 aromatic heterocycles. The number of benzene rings is 1. The number of hydrogen-bond donors (Lipinski definition) is 1. The Morgan fingerprint density at radius 3 is 2.67 bits per heavy atom. The Hall–Kier alpha value is -1.99. The van der Waals surface area contributed by atoms with Crippen LogP contribution in [0.25, 0.3) is 11.3 Å². The van der Waals surface area contributed by atoms with Gasteiger partial charge in [0.1, 0.15) is 5.69 Å². The van der Waals surface area contributed by atoms with Gasteiger partial charge in [0, 0.05) is 35.8 Å². The Morgan fingerprint density at radius 2 is 1.96 bits per heavy atom. The van der Waals surface area contributed by atoms with Crippen molar-refractivity contribution in [3.8, 4) is 11.3 Å². The number of urea groups is 1. The number of likely N-dealkylation sites (tertiary alicyclic amines) is 2. The van der Waals surface area contributed by atoms with Gasteiger partial charge in [-0.3, -0.25) is 4.90 Å². The summed E-state index contributed by atoms with van der Waals surface area (Å²) in [5.41, 5.74) is 2.69. The van der Waals surface area contributed by atoms with Crippen molar-refractivity contribution >= 4 is 23.3 Å². The van der Waals surface area contributed by atoms with Crippen molar-refractivity contribution in [3.63, 3.8) is 0 Å². The number of nitrogens with one attached hydrogen (secondary N) is 1. The second-order valence-electron chi connectivity index (χ2n) is 6.43. The molecule has 24 heavy (non-hydrogen) atoms. The van der Waals surface area contributed by atoms with Gasteiger partial charge < -0.3 is 10.2 Å². The molecule has 1 atom stereocenters. The highest BCUT2D eigenvalue weighted by molar-refractivity contribution is 7.03. The van der Waals surface area contributed by atoms with Gasteiger partial charge in [0.15, 0.2) is 0 Å². The average Bonchev–Trinajstić information content (AvgIpc) is 3.35. The van der Waals surface area contributed by atoms with Crippen molar-refractivity contribution in [1.29, 1.82) is 0 Å². The maximum Gasteiger partial charge on any atom is 0.321 e. The monoisotopic (exact) mass is 343 g/mol. The molecular formula is C17H21N5OS. The Bertz CT molecular complexity index is 682. The molecule has 0 radical (unpaired) electrons. The third-order valence-electron chi connectivity index (χ3n) is 4.90. The quantitative estimate of drug-likeness (QED) is 0.931. The van der Waals surface area contributed by atoms with Crippen LogP contribution >= 0.6 is 11.5 Å². The van der Waals surface area contributed by atoms with Gasteiger partial charge in [-0.25, -0.2) is 4.79 Å². The molecule has 1 unspecified atom stereocenters. The van der Waals surface area contributed by atoms with Gasteiger partial charge in [-0.1, -0.05) is 16.6 Å². The SMILES string of the molecule is O=C(Nc1ccc(-c2csnn2)cc1)N1CCC(N2CCCC2)C1. The van der Waals surface area contributed by atoms with E-state index in [0.29, 0.717) is 6.04 Å². The number of amides is 2. The standard InChI is InChI=1S/C17H21N5OS/c23-17(22-10-7-15(11-22)21-8-1-2-9-21)18-14-5-3-13(4-6-14)16-12-24-20-19-16/h3-6,12,15H,1-2,7-11H2,(H,18,23). The molecule has 0 bridgehead atoms. The molecule has 2 aromatic rings. The Balaban J connectivity index is 1.34. The number of carbonyl (C=O) groups excluding carboxylic acids is 1. The molecule has 2 amide bonds. The number of nitrogens with zero attached hydrogens (tertiary/aromatic N) is 4. The topological polar surface area (TPSA) is 61.4 Å². The van der Waals surface area contributed by atoms with Crippen LogP contribution in [0.3, 0.4) is 0 Å². The number of anilines is 1. The minimum atomic E-state index is -0.000211. The molecule has 2 fully saturated rings. The second kappa shape index (κ2) is 6.86. The number of hydrogen-bond acceptors (Lipinski definition) is 5. The smallest absolute Gasteiger partial charge is 0.321 e. The number of rotatable bonds is 3. The van der Waals surface area contributed by atoms with Gasteiger partial charge in [0.05, 0.1) is 0 Å². The van der Waals surface area contributed by atoms with Crippen molar-refractivity contribution in [2.75, 3.05) is 31.5 Å². The first-order valence-corrected chi connectivity index (χ1v) is 9.31. The van der Waals surface area contributed by atoms with E-state index in [-0.39, 0.29) is 6.03 Å². The molecule has 0 saturated carbocycles. The van der Waals surface area contributed by atoms with E-state index in [9.17, 15) is 4.79 Å². The van der Waals surface area contributed by atoms with Gasteiger partial charge in [-0.15, -0.1) is 5.10 Å². The summed E-state index contributed by atoms with van der Waals surface area (Å²) in [4.78, 5) is 16.9. The van der Waals surface area contributed by atoms with E-state index in [1.807, 2.05) is 34.5 Å². The molecule has 0 aliphatic carbocycles. The van der Waals surface area contributed by atoms with Gasteiger partial charge >= 0.3 is 6.03 Å². The first kappa shape index (κ1) is 15.5. The van der Waals surface area contributed by atoms with Crippen LogP contribution in [0.5, 0.6) is 0 Å². The highest BCUT2D eigenvalue weighted by atomic mass is 32.1. The van der Waals surface area contributed by atoms with Crippen LogP contribution in [0.4, 0.5) is 10.5 Å². The largest absolute Gasteiger partial charge is 0.323 e. The zero-order valence-corrected chi connectivity index (χ0v) is 14.3. The van der Waals surface area contributed by atoms with Crippen molar-refractivity contribution in [1.82, 2.24) is 19.4 Å². The zero-order valence-electron chi connectivity index (χ0n) is 13.5. The molecular weight excluding hydrogens is 322 g/mol. The van der Waals surface area contributed by atoms with E-state index in [0.717, 1.165) is 36.5 Å². The van der Waals surface area contributed by atoms with Gasteiger partial charge in [-0.2, -0.15) is 0 Å². The van der Waals surface area contributed by atoms with Crippen LogP contribution in [0.15, 0.2) is 29.6 Å². The Labute approximate surface area is 145 Å². The van der Waals surface area contributed by atoms with Crippen molar-refractivity contribution in [2.24, 2.45) is 0 Å². The van der Waals surface area contributed by atoms with Gasteiger partial charge in [0.2, 0.25) is 0 Å². The summed E-state index contributed by atoms with van der Waals surface area (Å²) in [5, 5.41) is 8.97. The van der Waals surface area contributed by atoms with Crippen molar-refractivity contribution < 1.29 is 4.79 Å². The number of carbonyl (C=O) groups is 1. The summed E-state index contributed by atoms with van der Waals surface area (Å²) in [5.74, 6) is 0. The highest BCUT2D eigenvalue weighted by Gasteiger charge is 2.31. The van der Waals surface area contributed by atoms with Gasteiger partial charge in [0.25, 0.3) is 0 Å². The third-order valence-corrected chi connectivity index (χ3v) is 5.40. The summed E-state index contributed by atoms with van der Waals surface area (Å²) in [6.07, 6.45) is 3.68. The van der Waals surface area contributed by atoms with Crippen LogP contribution in [0, 0.1) is 0 Å². The van der Waals surface area contributed by atoms with E-state index in [2.05, 4.69) is 19.8 Å². The van der Waals surface area contributed by atoms with E-state index in [4.69, 9.17) is 0 Å². The fourth-order valence-corrected chi connectivity index (χ4v) is 4.01. The Morgan fingerprint density at radius 1 is 1.17 bits per heavy atom. The molecule has 6 nitrogen and oxygen atoms in total. The fraction of sp³-hybridized carbons (Fsp3) is 0.471. The summed E-state index contributed by atoms with van der Waals surface area (Å²) >= 11 is 1.34. The summed E-state index contributed by atoms with van der Waals surface area (Å²) < 4.78 is 3.87. The molecule has 1 aromatic carbocycles. The lowest BCUT2D eigenvalue weighted by Gasteiger charge is -2.23. The predicted octanol–water partition coefficient (Wildman–Crippen LogP) is 2.91. The Kier molecular flexibility index (Phi) is 4.44. The average molecular weight is 343 g/mol. The first-order chi connectivity index (χ1) is 11.8. The molecule has 126 valence electrons. The lowest BCUT2D eigenvalue weighted by atomic mass is 10.1. The van der Waals surface area contributed by atoms with Crippen LogP contribution in [-0.2, 0) is 0 Å². The van der Waals surface area contributed by atoms with Crippen molar-refractivity contribution in [2.45, 2.75) is 25.3 Å². The molecule has 3 heterocycles. The molecule has 2 aliphatic heterocycles. The summed E-state index contributed by atoms with van der Waals surface area (Å²) in [6, 6.07) is 8.30. The zero-order chi connectivity index (χ0) is 16.4. The molecule has 2 aliphatic rings. The lowest BCUT2D eigenvalue weighted by molar-refractivity contribution is 0.210. The molecule has 1 N–H and O–H groups in total. The molecule has 7 heteroatoms. The van der Waals surface area contributed by atoms with Crippen LogP contribution in [0.1, 0.15) is 19.3 Å². The fourth-order valence-electron chi connectivity index (χ4n) is 3.55. The normalized spacial score (nSPS) is 21.3. The molecule has 4 rings (SSSR count). The summed E-state index contributed by atoms with van der Waals surface area (Å²) in [7, 11) is 0. The highest BCUT2D eigenvalue weighted by Crippen LogP contribution is 2.23. The number of aromatic nitrogens is 2. The maximum absolute atomic E-state index is 12.5. The van der Waals surface area contributed by atoms with E-state index in [1.54, 1.807) is 0 Å². The predicted molar refractivity (Wildman–Crippen MR) is 95.1 cm³/mol. The maximum atomic E-state index is 12.5. The second-order valence-corrected chi connectivity index (χ2v) is 7.04. The molecule has 2 saturated heterocycles.